The number of nitrogens with zero attached hydrogens (tertiary/aromatic N) is 3. The van der Waals surface area contributed by atoms with Crippen molar-refractivity contribution < 1.29 is 9.50 Å². The molecule has 0 atom stereocenters. The molecule has 0 aliphatic rings. The summed E-state index contributed by atoms with van der Waals surface area (Å²) >= 11 is 0. The molecule has 4 nitrogen and oxygen atoms in total. The van der Waals surface area contributed by atoms with Crippen LogP contribution in [0.4, 0.5) is 4.39 Å². The third-order valence-corrected chi connectivity index (χ3v) is 1.84. The zero-order valence-corrected chi connectivity index (χ0v) is 7.26. The van der Waals surface area contributed by atoms with E-state index in [1.54, 1.807) is 0 Å². The van der Waals surface area contributed by atoms with E-state index in [1.807, 2.05) is 0 Å². The van der Waals surface area contributed by atoms with E-state index in [0.29, 0.717) is 12.1 Å². The predicted molar refractivity (Wildman–Crippen MR) is 47.2 cm³/mol. The molecule has 0 saturated carbocycles. The van der Waals surface area contributed by atoms with Gasteiger partial charge in [0.25, 0.3) is 0 Å². The Morgan fingerprint density at radius 3 is 3.00 bits per heavy atom. The third-order valence-electron chi connectivity index (χ3n) is 1.84. The van der Waals surface area contributed by atoms with Crippen molar-refractivity contribution in [2.45, 2.75) is 6.54 Å². The molecule has 1 heterocycles. The van der Waals surface area contributed by atoms with Crippen molar-refractivity contribution in [3.8, 4) is 5.75 Å². The summed E-state index contributed by atoms with van der Waals surface area (Å²) < 4.78 is 14.3. The molecule has 0 bridgehead atoms. The van der Waals surface area contributed by atoms with Crippen LogP contribution in [0.25, 0.3) is 0 Å². The minimum absolute atomic E-state index is 0.0573. The number of aromatic nitrogens is 3. The van der Waals surface area contributed by atoms with Crippen molar-refractivity contribution in [3.63, 3.8) is 0 Å². The highest BCUT2D eigenvalue weighted by Gasteiger charge is 2.03. The Labute approximate surface area is 79.6 Å². The quantitative estimate of drug-likeness (QED) is 0.778. The van der Waals surface area contributed by atoms with Crippen molar-refractivity contribution in [2.75, 3.05) is 0 Å². The van der Waals surface area contributed by atoms with Gasteiger partial charge in [-0.15, -0.1) is 0 Å². The molecule has 14 heavy (non-hydrogen) atoms. The number of hydrogen-bond acceptors (Lipinski definition) is 3. The molecule has 1 N–H and O–H groups in total. The van der Waals surface area contributed by atoms with Crippen LogP contribution in [0.3, 0.4) is 0 Å². The number of phenolic OH excluding ortho intramolecular Hbond substituents is 1. The first-order chi connectivity index (χ1) is 6.75. The number of rotatable bonds is 2. The monoisotopic (exact) mass is 193 g/mol. The highest BCUT2D eigenvalue weighted by atomic mass is 19.1. The Morgan fingerprint density at radius 2 is 2.29 bits per heavy atom. The molecule has 0 amide bonds. The second kappa shape index (κ2) is 3.45. The van der Waals surface area contributed by atoms with Crippen molar-refractivity contribution in [1.29, 1.82) is 0 Å². The molecule has 0 radical (unpaired) electrons. The van der Waals surface area contributed by atoms with Crippen molar-refractivity contribution >= 4 is 0 Å². The van der Waals surface area contributed by atoms with Gasteiger partial charge >= 0.3 is 0 Å². The average Bonchev–Trinajstić information content (AvgIpc) is 2.64. The van der Waals surface area contributed by atoms with Gasteiger partial charge in [0.05, 0.1) is 6.54 Å². The maximum atomic E-state index is 12.8. The van der Waals surface area contributed by atoms with E-state index in [-0.39, 0.29) is 11.6 Å². The first kappa shape index (κ1) is 8.68. The maximum Gasteiger partial charge on any atom is 0.137 e. The third kappa shape index (κ3) is 1.71. The fourth-order valence-corrected chi connectivity index (χ4v) is 1.17. The zero-order chi connectivity index (χ0) is 9.97. The van der Waals surface area contributed by atoms with Gasteiger partial charge in [-0.25, -0.2) is 14.1 Å². The first-order valence-corrected chi connectivity index (χ1v) is 4.05. The summed E-state index contributed by atoms with van der Waals surface area (Å²) in [7, 11) is 0. The molecule has 0 unspecified atom stereocenters. The van der Waals surface area contributed by atoms with Gasteiger partial charge in [-0.05, 0) is 18.2 Å². The minimum Gasteiger partial charge on any atom is -0.508 e. The van der Waals surface area contributed by atoms with Crippen LogP contribution in [0.2, 0.25) is 0 Å². The predicted octanol–water partition coefficient (Wildman–Crippen LogP) is 1.17. The Morgan fingerprint density at radius 1 is 1.43 bits per heavy atom. The standard InChI is InChI=1S/C9H8FN3O/c10-8-1-2-9(14)7(3-8)4-13-6-11-5-12-13/h1-3,5-6,14H,4H2. The van der Waals surface area contributed by atoms with Crippen LogP contribution in [-0.2, 0) is 6.54 Å². The molecule has 0 saturated heterocycles. The fraction of sp³-hybridized carbons (Fsp3) is 0.111. The number of aromatic hydroxyl groups is 1. The zero-order valence-electron chi connectivity index (χ0n) is 7.26. The summed E-state index contributed by atoms with van der Waals surface area (Å²) in [5.74, 6) is -0.320. The van der Waals surface area contributed by atoms with E-state index in [2.05, 4.69) is 10.1 Å². The lowest BCUT2D eigenvalue weighted by Gasteiger charge is -2.03. The Balaban J connectivity index is 2.28. The summed E-state index contributed by atoms with van der Waals surface area (Å²) in [5, 5.41) is 13.3. The minimum atomic E-state index is -0.377. The van der Waals surface area contributed by atoms with Gasteiger partial charge in [-0.2, -0.15) is 5.10 Å². The molecular weight excluding hydrogens is 185 g/mol. The van der Waals surface area contributed by atoms with E-state index in [9.17, 15) is 9.50 Å². The van der Waals surface area contributed by atoms with Gasteiger partial charge in [0.2, 0.25) is 0 Å². The Kier molecular flexibility index (Phi) is 2.14. The Bertz CT molecular complexity index is 428. The molecule has 0 fully saturated rings. The first-order valence-electron chi connectivity index (χ1n) is 4.05. The van der Waals surface area contributed by atoms with Crippen LogP contribution >= 0.6 is 0 Å². The summed E-state index contributed by atoms with van der Waals surface area (Å²) in [6.07, 6.45) is 2.89. The number of benzene rings is 1. The molecule has 0 aliphatic carbocycles. The highest BCUT2D eigenvalue weighted by molar-refractivity contribution is 5.32. The summed E-state index contributed by atoms with van der Waals surface area (Å²) in [6, 6.07) is 3.80. The molecule has 5 heteroatoms. The highest BCUT2D eigenvalue weighted by Crippen LogP contribution is 2.18. The molecular formula is C9H8FN3O. The van der Waals surface area contributed by atoms with Gasteiger partial charge in [0.1, 0.15) is 24.2 Å². The van der Waals surface area contributed by atoms with Crippen molar-refractivity contribution in [3.05, 3.63) is 42.2 Å². The summed E-state index contributed by atoms with van der Waals surface area (Å²) in [5.41, 5.74) is 0.482. The lowest BCUT2D eigenvalue weighted by Crippen LogP contribution is -2.00. The molecule has 0 spiro atoms. The van der Waals surface area contributed by atoms with E-state index in [0.717, 1.165) is 0 Å². The molecule has 1 aromatic carbocycles. The average molecular weight is 193 g/mol. The van der Waals surface area contributed by atoms with Crippen molar-refractivity contribution in [1.82, 2.24) is 14.8 Å². The van der Waals surface area contributed by atoms with E-state index in [1.165, 1.54) is 35.5 Å². The largest absolute Gasteiger partial charge is 0.508 e. The van der Waals surface area contributed by atoms with Crippen LogP contribution in [0, 0.1) is 5.82 Å². The van der Waals surface area contributed by atoms with E-state index < -0.39 is 0 Å². The Hall–Kier alpha value is -1.91. The topological polar surface area (TPSA) is 50.9 Å². The summed E-state index contributed by atoms with van der Waals surface area (Å²) in [6.45, 7) is 0.309. The van der Waals surface area contributed by atoms with Crippen LogP contribution in [0.15, 0.2) is 30.9 Å². The van der Waals surface area contributed by atoms with E-state index >= 15 is 0 Å². The van der Waals surface area contributed by atoms with Gasteiger partial charge in [-0.1, -0.05) is 0 Å². The van der Waals surface area contributed by atoms with Gasteiger partial charge in [-0.3, -0.25) is 0 Å². The molecule has 2 aromatic rings. The van der Waals surface area contributed by atoms with Crippen molar-refractivity contribution in [2.24, 2.45) is 0 Å². The number of phenols is 1. The molecule has 0 aliphatic heterocycles. The molecule has 1 aromatic heterocycles. The fourth-order valence-electron chi connectivity index (χ4n) is 1.17. The molecule has 72 valence electrons. The van der Waals surface area contributed by atoms with Gasteiger partial charge in [0.15, 0.2) is 0 Å². The van der Waals surface area contributed by atoms with Crippen LogP contribution in [-0.4, -0.2) is 19.9 Å². The maximum absolute atomic E-state index is 12.8. The van der Waals surface area contributed by atoms with Gasteiger partial charge < -0.3 is 5.11 Å². The molecule has 2 rings (SSSR count). The van der Waals surface area contributed by atoms with Crippen LogP contribution < -0.4 is 0 Å². The van der Waals surface area contributed by atoms with Gasteiger partial charge in [0, 0.05) is 5.56 Å². The second-order valence-corrected chi connectivity index (χ2v) is 2.87. The van der Waals surface area contributed by atoms with E-state index in [4.69, 9.17) is 0 Å². The lowest BCUT2D eigenvalue weighted by molar-refractivity contribution is 0.461. The SMILES string of the molecule is Oc1ccc(F)cc1Cn1cncn1. The number of hydrogen-bond donors (Lipinski definition) is 1. The smallest absolute Gasteiger partial charge is 0.137 e. The normalized spacial score (nSPS) is 10.4. The lowest BCUT2D eigenvalue weighted by atomic mass is 10.2. The number of halogens is 1. The second-order valence-electron chi connectivity index (χ2n) is 2.87. The van der Waals surface area contributed by atoms with Crippen LogP contribution in [0.5, 0.6) is 5.75 Å². The van der Waals surface area contributed by atoms with Crippen LogP contribution in [0.1, 0.15) is 5.56 Å². The summed E-state index contributed by atoms with van der Waals surface area (Å²) in [4.78, 5) is 3.75.